The largest absolute Gasteiger partial charge is 0.463 e. The molecule has 0 aromatic carbocycles. The molecule has 5 heteroatoms. The molecule has 1 aromatic rings. The molecule has 0 spiro atoms. The number of anilines is 1. The zero-order valence-corrected chi connectivity index (χ0v) is 8.80. The number of carbonyl (C=O) groups is 1. The lowest BCUT2D eigenvalue weighted by Crippen LogP contribution is -2.20. The average Bonchev–Trinajstić information content (AvgIpc) is 2.30. The van der Waals surface area contributed by atoms with Gasteiger partial charge >= 0.3 is 5.97 Å². The molecule has 0 bridgehead atoms. The minimum atomic E-state index is -0.982. The van der Waals surface area contributed by atoms with Crippen LogP contribution in [0.15, 0.2) is 30.1 Å². The van der Waals surface area contributed by atoms with Crippen LogP contribution in [0.25, 0.3) is 0 Å². The Kier molecular flexibility index (Phi) is 2.87. The average molecular weight is 220 g/mol. The smallest absolute Gasteiger partial charge is 0.338 e. The molecule has 16 heavy (non-hydrogen) atoms. The molecule has 1 aromatic heterocycles. The number of aliphatic hydroxyl groups is 1. The molecule has 1 aliphatic heterocycles. The van der Waals surface area contributed by atoms with E-state index in [1.54, 1.807) is 25.3 Å². The lowest BCUT2D eigenvalue weighted by Gasteiger charge is -2.21. The molecular formula is C11H12N2O3. The zero-order chi connectivity index (χ0) is 11.5. The normalized spacial score (nSPS) is 18.1. The summed E-state index contributed by atoms with van der Waals surface area (Å²) in [5.74, 6) is 0.0417. The fourth-order valence-corrected chi connectivity index (χ4v) is 1.54. The van der Waals surface area contributed by atoms with E-state index in [2.05, 4.69) is 10.3 Å². The number of nitrogens with one attached hydrogen (secondary N) is 1. The van der Waals surface area contributed by atoms with Crippen LogP contribution in [0.5, 0.6) is 0 Å². The highest BCUT2D eigenvalue weighted by molar-refractivity contribution is 5.91. The van der Waals surface area contributed by atoms with E-state index in [1.807, 2.05) is 0 Å². The van der Waals surface area contributed by atoms with Crippen LogP contribution in [0, 0.1) is 0 Å². The summed E-state index contributed by atoms with van der Waals surface area (Å²) in [4.78, 5) is 15.5. The third kappa shape index (κ3) is 1.77. The van der Waals surface area contributed by atoms with Crippen molar-refractivity contribution >= 4 is 11.8 Å². The first-order chi connectivity index (χ1) is 7.74. The number of rotatable bonds is 2. The van der Waals surface area contributed by atoms with E-state index in [-0.39, 0.29) is 12.2 Å². The van der Waals surface area contributed by atoms with E-state index in [4.69, 9.17) is 4.74 Å². The van der Waals surface area contributed by atoms with E-state index in [1.165, 1.54) is 6.20 Å². The number of aromatic nitrogens is 1. The number of fused-ring (bicyclic) bond motifs is 1. The van der Waals surface area contributed by atoms with Crippen molar-refractivity contribution in [3.63, 3.8) is 0 Å². The van der Waals surface area contributed by atoms with Gasteiger partial charge in [-0.3, -0.25) is 0 Å². The molecule has 1 atom stereocenters. The van der Waals surface area contributed by atoms with Gasteiger partial charge in [0.2, 0.25) is 0 Å². The maximum absolute atomic E-state index is 11.5. The molecule has 0 radical (unpaired) electrons. The van der Waals surface area contributed by atoms with Crippen LogP contribution in [-0.2, 0) is 9.53 Å². The van der Waals surface area contributed by atoms with Gasteiger partial charge in [0.15, 0.2) is 0 Å². The second-order valence-corrected chi connectivity index (χ2v) is 3.31. The Hall–Kier alpha value is -1.88. The molecule has 5 nitrogen and oxygen atoms in total. The zero-order valence-electron chi connectivity index (χ0n) is 8.80. The Morgan fingerprint density at radius 2 is 2.50 bits per heavy atom. The van der Waals surface area contributed by atoms with Crippen molar-refractivity contribution in [1.82, 2.24) is 4.98 Å². The monoisotopic (exact) mass is 220 g/mol. The van der Waals surface area contributed by atoms with Crippen molar-refractivity contribution in [2.24, 2.45) is 0 Å². The predicted octanol–water partition coefficient (Wildman–Crippen LogP) is 0.988. The highest BCUT2D eigenvalue weighted by atomic mass is 16.5. The van der Waals surface area contributed by atoms with Crippen molar-refractivity contribution in [2.75, 3.05) is 11.9 Å². The first kappa shape index (κ1) is 10.6. The van der Waals surface area contributed by atoms with Gasteiger partial charge in [-0.15, -0.1) is 0 Å². The van der Waals surface area contributed by atoms with Crippen molar-refractivity contribution in [3.05, 3.63) is 35.7 Å². The summed E-state index contributed by atoms with van der Waals surface area (Å²) < 4.78 is 4.84. The van der Waals surface area contributed by atoms with Crippen LogP contribution >= 0.6 is 0 Å². The quantitative estimate of drug-likeness (QED) is 0.727. The van der Waals surface area contributed by atoms with Crippen molar-refractivity contribution in [1.29, 1.82) is 0 Å². The van der Waals surface area contributed by atoms with Gasteiger partial charge in [-0.25, -0.2) is 9.78 Å². The van der Waals surface area contributed by atoms with Crippen LogP contribution < -0.4 is 5.32 Å². The number of ether oxygens (including phenoxy) is 1. The second-order valence-electron chi connectivity index (χ2n) is 3.31. The molecule has 0 fully saturated rings. The van der Waals surface area contributed by atoms with E-state index in [9.17, 15) is 9.90 Å². The van der Waals surface area contributed by atoms with Gasteiger partial charge in [0.1, 0.15) is 11.9 Å². The SMILES string of the molecule is CCOC(=O)C1=CNc2ncccc2C1O. The standard InChI is InChI=1S/C11H12N2O3/c1-2-16-11(15)8-6-13-10-7(9(8)14)4-3-5-12-10/h3-6,9,14H,2H2,1H3,(H,12,13). The number of aliphatic hydroxyl groups excluding tert-OH is 1. The number of nitrogens with zero attached hydrogens (tertiary/aromatic N) is 1. The lowest BCUT2D eigenvalue weighted by molar-refractivity contribution is -0.139. The summed E-state index contributed by atoms with van der Waals surface area (Å²) >= 11 is 0. The Morgan fingerprint density at radius 1 is 1.69 bits per heavy atom. The maximum Gasteiger partial charge on any atom is 0.338 e. The molecule has 0 aliphatic carbocycles. The minimum Gasteiger partial charge on any atom is -0.463 e. The number of hydrogen-bond donors (Lipinski definition) is 2. The fraction of sp³-hybridized carbons (Fsp3) is 0.273. The number of carbonyl (C=O) groups excluding carboxylic acids is 1. The van der Waals surface area contributed by atoms with Crippen molar-refractivity contribution in [3.8, 4) is 0 Å². The number of pyridine rings is 1. The molecule has 2 rings (SSSR count). The minimum absolute atomic E-state index is 0.197. The molecular weight excluding hydrogens is 208 g/mol. The van der Waals surface area contributed by atoms with Gasteiger partial charge in [-0.1, -0.05) is 6.07 Å². The second kappa shape index (κ2) is 4.32. The summed E-state index contributed by atoms with van der Waals surface area (Å²) in [6, 6.07) is 3.42. The highest BCUT2D eigenvalue weighted by Crippen LogP contribution is 2.31. The van der Waals surface area contributed by atoms with Gasteiger partial charge in [-0.2, -0.15) is 0 Å². The molecule has 0 saturated heterocycles. The summed E-state index contributed by atoms with van der Waals surface area (Å²) in [5.41, 5.74) is 0.774. The molecule has 2 N–H and O–H groups in total. The molecule has 1 aliphatic rings. The summed E-state index contributed by atoms with van der Waals surface area (Å²) in [7, 11) is 0. The van der Waals surface area contributed by atoms with Crippen molar-refractivity contribution in [2.45, 2.75) is 13.0 Å². The van der Waals surface area contributed by atoms with Gasteiger partial charge in [0, 0.05) is 18.0 Å². The lowest BCUT2D eigenvalue weighted by atomic mass is 10.0. The van der Waals surface area contributed by atoms with Crippen LogP contribution in [0.3, 0.4) is 0 Å². The van der Waals surface area contributed by atoms with Crippen molar-refractivity contribution < 1.29 is 14.6 Å². The predicted molar refractivity (Wildman–Crippen MR) is 57.5 cm³/mol. The van der Waals surface area contributed by atoms with Crippen LogP contribution in [0.4, 0.5) is 5.82 Å². The molecule has 1 unspecified atom stereocenters. The summed E-state index contributed by atoms with van der Waals surface area (Å²) in [6.45, 7) is 2.00. The van der Waals surface area contributed by atoms with Gasteiger partial charge < -0.3 is 15.2 Å². The third-order valence-corrected chi connectivity index (χ3v) is 2.30. The van der Waals surface area contributed by atoms with E-state index >= 15 is 0 Å². The number of esters is 1. The Labute approximate surface area is 92.8 Å². The van der Waals surface area contributed by atoms with E-state index < -0.39 is 12.1 Å². The van der Waals surface area contributed by atoms with Crippen LogP contribution in [0.1, 0.15) is 18.6 Å². The first-order valence-corrected chi connectivity index (χ1v) is 5.00. The highest BCUT2D eigenvalue weighted by Gasteiger charge is 2.27. The Bertz CT molecular complexity index is 443. The number of hydrogen-bond acceptors (Lipinski definition) is 5. The summed E-state index contributed by atoms with van der Waals surface area (Å²) in [5, 5.41) is 12.8. The third-order valence-electron chi connectivity index (χ3n) is 2.30. The summed E-state index contributed by atoms with van der Waals surface area (Å²) in [6.07, 6.45) is 2.06. The van der Waals surface area contributed by atoms with E-state index in [0.29, 0.717) is 11.4 Å². The maximum atomic E-state index is 11.5. The first-order valence-electron chi connectivity index (χ1n) is 5.00. The van der Waals surface area contributed by atoms with Gasteiger partial charge in [-0.05, 0) is 13.0 Å². The topological polar surface area (TPSA) is 71.5 Å². The van der Waals surface area contributed by atoms with E-state index in [0.717, 1.165) is 0 Å². The molecule has 2 heterocycles. The molecule has 0 amide bonds. The van der Waals surface area contributed by atoms with Crippen LogP contribution in [-0.4, -0.2) is 22.7 Å². The van der Waals surface area contributed by atoms with Gasteiger partial charge in [0.25, 0.3) is 0 Å². The van der Waals surface area contributed by atoms with Crippen LogP contribution in [0.2, 0.25) is 0 Å². The molecule has 84 valence electrons. The molecule has 0 saturated carbocycles. The van der Waals surface area contributed by atoms with Gasteiger partial charge in [0.05, 0.1) is 12.2 Å². The fourth-order valence-electron chi connectivity index (χ4n) is 1.54. The Morgan fingerprint density at radius 3 is 3.25 bits per heavy atom. The Balaban J connectivity index is 2.28.